The van der Waals surface area contributed by atoms with E-state index in [4.69, 9.17) is 19.2 Å². The number of hydrogen-bond donors (Lipinski definition) is 0. The van der Waals surface area contributed by atoms with Crippen LogP contribution in [0.2, 0.25) is 0 Å². The number of nitrogens with zero attached hydrogens (tertiary/aromatic N) is 2. The van der Waals surface area contributed by atoms with Crippen LogP contribution < -0.4 is 29.1 Å². The molecule has 2 aliphatic rings. The van der Waals surface area contributed by atoms with Crippen molar-refractivity contribution in [1.82, 2.24) is 4.57 Å². The number of carbonyl (C=O) groups is 1. The Hall–Kier alpha value is -3.73. The molecule has 0 saturated carbocycles. The molecule has 8 nitrogen and oxygen atoms in total. The number of hydrogen-bond acceptors (Lipinski definition) is 8. The molecule has 3 heterocycles. The highest BCUT2D eigenvalue weighted by Gasteiger charge is 2.55. The largest absolute Gasteiger partial charge is 0.493 e. The van der Waals surface area contributed by atoms with E-state index in [1.807, 2.05) is 18.2 Å². The lowest BCUT2D eigenvalue weighted by Crippen LogP contribution is -2.58. The summed E-state index contributed by atoms with van der Waals surface area (Å²) in [7, 11) is 1.34. The van der Waals surface area contributed by atoms with Gasteiger partial charge in [0.05, 0.1) is 24.3 Å². The van der Waals surface area contributed by atoms with E-state index < -0.39 is 30.3 Å². The van der Waals surface area contributed by atoms with Crippen molar-refractivity contribution in [1.29, 1.82) is 0 Å². The van der Waals surface area contributed by atoms with Crippen molar-refractivity contribution in [3.05, 3.63) is 73.3 Å². The molecule has 3 atom stereocenters. The van der Waals surface area contributed by atoms with E-state index in [9.17, 15) is 18.4 Å². The molecule has 5 rings (SSSR count). The van der Waals surface area contributed by atoms with E-state index in [2.05, 4.69) is 4.74 Å². The zero-order valence-corrected chi connectivity index (χ0v) is 20.4. The molecule has 0 spiro atoms. The molecule has 1 aromatic heterocycles. The van der Waals surface area contributed by atoms with Crippen LogP contribution in [-0.2, 0) is 9.53 Å². The number of ether oxygens (including phenoxy) is 4. The molecule has 2 bridgehead atoms. The molecule has 188 valence electrons. The van der Waals surface area contributed by atoms with Crippen LogP contribution in [0.3, 0.4) is 0 Å². The Bertz CT molecular complexity index is 1520. The van der Waals surface area contributed by atoms with Crippen molar-refractivity contribution < 1.29 is 32.5 Å². The fourth-order valence-corrected chi connectivity index (χ4v) is 5.75. The molecule has 2 aliphatic heterocycles. The molecule has 36 heavy (non-hydrogen) atoms. The van der Waals surface area contributed by atoms with Crippen LogP contribution in [0.25, 0.3) is 6.08 Å². The van der Waals surface area contributed by atoms with Gasteiger partial charge in [-0.25, -0.2) is 4.99 Å². The average molecular weight is 517 g/mol. The van der Waals surface area contributed by atoms with Crippen LogP contribution in [-0.4, -0.2) is 36.6 Å². The molecule has 3 aromatic rings. The molecule has 0 N–H and O–H groups in total. The smallest absolute Gasteiger partial charge is 0.387 e. The number of para-hydroxylation sites is 1. The van der Waals surface area contributed by atoms with Gasteiger partial charge in [-0.1, -0.05) is 35.6 Å². The van der Waals surface area contributed by atoms with E-state index >= 15 is 0 Å². The summed E-state index contributed by atoms with van der Waals surface area (Å²) in [6.45, 7) is 0.604. The number of methoxy groups -OCH3 is 1. The van der Waals surface area contributed by atoms with E-state index in [1.54, 1.807) is 32.1 Å². The number of carbonyl (C=O) groups excluding carboxylic acids is 1. The van der Waals surface area contributed by atoms with Crippen LogP contribution in [0.4, 0.5) is 8.78 Å². The lowest BCUT2D eigenvalue weighted by Gasteiger charge is -2.44. The molecule has 3 unspecified atom stereocenters. The van der Waals surface area contributed by atoms with Crippen molar-refractivity contribution in [3.8, 4) is 17.2 Å². The van der Waals surface area contributed by atoms with E-state index in [1.165, 1.54) is 23.8 Å². The first kappa shape index (κ1) is 24.0. The molecule has 2 aromatic carbocycles. The van der Waals surface area contributed by atoms with Gasteiger partial charge in [0.15, 0.2) is 16.3 Å². The first-order valence-electron chi connectivity index (χ1n) is 11.2. The number of esters is 1. The van der Waals surface area contributed by atoms with Crippen LogP contribution in [0.1, 0.15) is 31.0 Å². The minimum Gasteiger partial charge on any atom is -0.493 e. The van der Waals surface area contributed by atoms with Gasteiger partial charge < -0.3 is 18.9 Å². The van der Waals surface area contributed by atoms with Crippen LogP contribution >= 0.6 is 11.3 Å². The predicted octanol–water partition coefficient (Wildman–Crippen LogP) is 2.86. The molecule has 0 radical (unpaired) electrons. The second kappa shape index (κ2) is 9.05. The van der Waals surface area contributed by atoms with Gasteiger partial charge in [0, 0.05) is 5.56 Å². The van der Waals surface area contributed by atoms with E-state index in [0.29, 0.717) is 26.2 Å². The highest BCUT2D eigenvalue weighted by Crippen LogP contribution is 2.47. The summed E-state index contributed by atoms with van der Waals surface area (Å²) in [6.07, 6.45) is 1.61. The van der Waals surface area contributed by atoms with E-state index in [0.717, 1.165) is 11.3 Å². The second-order valence-electron chi connectivity index (χ2n) is 8.34. The van der Waals surface area contributed by atoms with Crippen LogP contribution in [0.5, 0.6) is 17.2 Å². The number of thiazole rings is 1. The van der Waals surface area contributed by atoms with Crippen molar-refractivity contribution in [2.75, 3.05) is 13.7 Å². The molecule has 0 saturated heterocycles. The SMILES string of the molecule is CCOC(=O)C1C2c3ccccc3OC1(C)N=c1sc(=Cc3ccc(OC(F)F)c(OC)c3)c(=O)n12. The monoisotopic (exact) mass is 516 g/mol. The summed E-state index contributed by atoms with van der Waals surface area (Å²) in [4.78, 5) is 31.8. The number of benzene rings is 2. The number of alkyl halides is 2. The molecule has 11 heteroatoms. The maximum atomic E-state index is 13.7. The Morgan fingerprint density at radius 2 is 2.06 bits per heavy atom. The highest BCUT2D eigenvalue weighted by atomic mass is 32.1. The Labute approximate surface area is 208 Å². The Balaban J connectivity index is 1.68. The zero-order valence-electron chi connectivity index (χ0n) is 19.6. The van der Waals surface area contributed by atoms with Crippen molar-refractivity contribution in [3.63, 3.8) is 0 Å². The number of fused-ring (bicyclic) bond motifs is 6. The zero-order chi connectivity index (χ0) is 25.6. The van der Waals surface area contributed by atoms with Gasteiger partial charge >= 0.3 is 12.6 Å². The summed E-state index contributed by atoms with van der Waals surface area (Å²) < 4.78 is 48.3. The maximum absolute atomic E-state index is 13.7. The molecule has 0 fully saturated rings. The van der Waals surface area contributed by atoms with Gasteiger partial charge in [-0.3, -0.25) is 14.2 Å². The van der Waals surface area contributed by atoms with Gasteiger partial charge in [0.1, 0.15) is 11.7 Å². The highest BCUT2D eigenvalue weighted by molar-refractivity contribution is 7.07. The number of rotatable bonds is 6. The third kappa shape index (κ3) is 3.93. The lowest BCUT2D eigenvalue weighted by molar-refractivity contribution is -0.160. The standard InChI is InChI=1S/C25H22F2N2O6S/c1-4-33-22(31)19-20-14-7-5-6-8-15(14)35-25(19,2)28-24-29(20)21(30)18(36-24)12-13-9-10-16(34-23(26)27)17(11-13)32-3/h5-12,19-20,23H,4H2,1-3H3. The molecular weight excluding hydrogens is 494 g/mol. The summed E-state index contributed by atoms with van der Waals surface area (Å²) in [5.74, 6) is -0.844. The minimum absolute atomic E-state index is 0.100. The third-order valence-electron chi connectivity index (χ3n) is 6.12. The predicted molar refractivity (Wildman–Crippen MR) is 126 cm³/mol. The van der Waals surface area contributed by atoms with Gasteiger partial charge in [-0.2, -0.15) is 8.78 Å². The third-order valence-corrected chi connectivity index (χ3v) is 7.10. The normalized spacial score (nSPS) is 22.2. The topological polar surface area (TPSA) is 88.4 Å². The average Bonchev–Trinajstić information content (AvgIpc) is 3.12. The summed E-state index contributed by atoms with van der Waals surface area (Å²) >= 11 is 1.15. The summed E-state index contributed by atoms with van der Waals surface area (Å²) in [5, 5.41) is 0. The minimum atomic E-state index is -3.00. The van der Waals surface area contributed by atoms with E-state index in [-0.39, 0.29) is 23.7 Å². The number of halogens is 2. The Morgan fingerprint density at radius 1 is 1.28 bits per heavy atom. The summed E-state index contributed by atoms with van der Waals surface area (Å²) in [6, 6.07) is 10.9. The molecule has 0 aliphatic carbocycles. The molecular formula is C25H22F2N2O6S. The lowest BCUT2D eigenvalue weighted by atomic mass is 9.81. The van der Waals surface area contributed by atoms with Gasteiger partial charge in [0.25, 0.3) is 5.56 Å². The Morgan fingerprint density at radius 3 is 2.78 bits per heavy atom. The fourth-order valence-electron chi connectivity index (χ4n) is 4.66. The van der Waals surface area contributed by atoms with Gasteiger partial charge in [0.2, 0.25) is 5.72 Å². The summed E-state index contributed by atoms with van der Waals surface area (Å²) in [5.41, 5.74) is -0.385. The Kier molecular flexibility index (Phi) is 6.03. The van der Waals surface area contributed by atoms with Gasteiger partial charge in [-0.15, -0.1) is 0 Å². The van der Waals surface area contributed by atoms with Crippen molar-refractivity contribution in [2.24, 2.45) is 10.9 Å². The van der Waals surface area contributed by atoms with Crippen molar-refractivity contribution in [2.45, 2.75) is 32.2 Å². The first-order chi connectivity index (χ1) is 17.3. The number of aromatic nitrogens is 1. The second-order valence-corrected chi connectivity index (χ2v) is 9.35. The quantitative estimate of drug-likeness (QED) is 0.469. The first-order valence-corrected chi connectivity index (χ1v) is 12.0. The fraction of sp³-hybridized carbons (Fsp3) is 0.320. The maximum Gasteiger partial charge on any atom is 0.387 e. The van der Waals surface area contributed by atoms with Crippen LogP contribution in [0, 0.1) is 5.92 Å². The molecule has 0 amide bonds. The van der Waals surface area contributed by atoms with Gasteiger partial charge in [-0.05, 0) is 43.7 Å². The van der Waals surface area contributed by atoms with Crippen molar-refractivity contribution >= 4 is 23.4 Å². The van der Waals surface area contributed by atoms with Crippen LogP contribution in [0.15, 0.2) is 52.3 Å².